The van der Waals surface area contributed by atoms with Crippen LogP contribution in [0.2, 0.25) is 0 Å². The number of hydrogen-bond donors (Lipinski definition) is 0. The van der Waals surface area contributed by atoms with Crippen molar-refractivity contribution in [3.05, 3.63) is 29.8 Å². The van der Waals surface area contributed by atoms with Crippen molar-refractivity contribution in [1.82, 2.24) is 0 Å². The lowest BCUT2D eigenvalue weighted by Gasteiger charge is -2.18. The Morgan fingerprint density at radius 2 is 1.76 bits per heavy atom. The van der Waals surface area contributed by atoms with Crippen LogP contribution in [0.5, 0.6) is 5.75 Å². The van der Waals surface area contributed by atoms with Gasteiger partial charge in [-0.2, -0.15) is 0 Å². The lowest BCUT2D eigenvalue weighted by Crippen LogP contribution is -2.23. The van der Waals surface area contributed by atoms with Gasteiger partial charge < -0.3 is 9.47 Å². The number of esters is 1. The minimum absolute atomic E-state index is 0.0894. The summed E-state index contributed by atoms with van der Waals surface area (Å²) < 4.78 is 9.93. The molecule has 0 amide bonds. The van der Waals surface area contributed by atoms with Gasteiger partial charge in [0, 0.05) is 0 Å². The Kier molecular flexibility index (Phi) is 5.01. The molecule has 3 heteroatoms. The number of ether oxygens (including phenoxy) is 2. The van der Waals surface area contributed by atoms with Crippen molar-refractivity contribution in [2.75, 3.05) is 14.2 Å². The summed E-state index contributed by atoms with van der Waals surface area (Å²) in [5.41, 5.74) is 1.12. The Hall–Kier alpha value is -1.51. The Balaban J connectivity index is 2.75. The highest BCUT2D eigenvalue weighted by molar-refractivity contribution is 5.72. The monoisotopic (exact) mass is 236 g/mol. The predicted molar refractivity (Wildman–Crippen MR) is 67.0 cm³/mol. The Labute approximate surface area is 103 Å². The number of carbonyl (C=O) groups is 1. The molecule has 0 aliphatic carbocycles. The first-order valence-corrected chi connectivity index (χ1v) is 5.79. The standard InChI is InChI=1S/C14H20O3/c1-10(2)13(14(15)17-4)9-11-5-7-12(16-3)8-6-11/h5-8,10,13H,9H2,1-4H3. The summed E-state index contributed by atoms with van der Waals surface area (Å²) in [5, 5.41) is 0. The fraction of sp³-hybridized carbons (Fsp3) is 0.500. The number of rotatable bonds is 5. The van der Waals surface area contributed by atoms with E-state index < -0.39 is 0 Å². The van der Waals surface area contributed by atoms with Crippen molar-refractivity contribution in [3.63, 3.8) is 0 Å². The van der Waals surface area contributed by atoms with Gasteiger partial charge >= 0.3 is 5.97 Å². The van der Waals surface area contributed by atoms with Gasteiger partial charge in [0.05, 0.1) is 20.1 Å². The molecule has 17 heavy (non-hydrogen) atoms. The van der Waals surface area contributed by atoms with E-state index in [4.69, 9.17) is 9.47 Å². The zero-order chi connectivity index (χ0) is 12.8. The molecule has 0 aromatic heterocycles. The molecule has 0 bridgehead atoms. The van der Waals surface area contributed by atoms with Crippen LogP contribution < -0.4 is 4.74 Å². The highest BCUT2D eigenvalue weighted by Gasteiger charge is 2.23. The summed E-state index contributed by atoms with van der Waals surface area (Å²) in [5.74, 6) is 0.863. The third-order valence-corrected chi connectivity index (χ3v) is 2.92. The van der Waals surface area contributed by atoms with Crippen molar-refractivity contribution < 1.29 is 14.3 Å². The molecule has 1 atom stereocenters. The van der Waals surface area contributed by atoms with Crippen LogP contribution in [0.25, 0.3) is 0 Å². The molecule has 0 heterocycles. The quantitative estimate of drug-likeness (QED) is 0.737. The van der Waals surface area contributed by atoms with Crippen molar-refractivity contribution in [1.29, 1.82) is 0 Å². The van der Waals surface area contributed by atoms with Crippen molar-refractivity contribution in [3.8, 4) is 5.75 Å². The predicted octanol–water partition coefficient (Wildman–Crippen LogP) is 2.68. The molecule has 0 aliphatic rings. The van der Waals surface area contributed by atoms with Gasteiger partial charge in [-0.3, -0.25) is 4.79 Å². The first kappa shape index (κ1) is 13.6. The molecule has 1 rings (SSSR count). The van der Waals surface area contributed by atoms with E-state index in [0.717, 1.165) is 11.3 Å². The maximum Gasteiger partial charge on any atom is 0.309 e. The first-order chi connectivity index (χ1) is 8.08. The molecule has 1 aromatic rings. The Morgan fingerprint density at radius 1 is 1.18 bits per heavy atom. The summed E-state index contributed by atoms with van der Waals surface area (Å²) in [4.78, 5) is 11.6. The van der Waals surface area contributed by atoms with Crippen LogP contribution in [0.3, 0.4) is 0 Å². The third-order valence-electron chi connectivity index (χ3n) is 2.92. The second-order valence-corrected chi connectivity index (χ2v) is 4.43. The second kappa shape index (κ2) is 6.28. The molecule has 94 valence electrons. The molecular formula is C14H20O3. The number of hydrogen-bond acceptors (Lipinski definition) is 3. The largest absolute Gasteiger partial charge is 0.497 e. The van der Waals surface area contributed by atoms with E-state index in [9.17, 15) is 4.79 Å². The molecule has 3 nitrogen and oxygen atoms in total. The number of carbonyl (C=O) groups excluding carboxylic acids is 1. The van der Waals surface area contributed by atoms with E-state index in [-0.39, 0.29) is 17.8 Å². The number of methoxy groups -OCH3 is 2. The van der Waals surface area contributed by atoms with Gasteiger partial charge in [0.1, 0.15) is 5.75 Å². The average molecular weight is 236 g/mol. The molecule has 0 fully saturated rings. The molecular weight excluding hydrogens is 216 g/mol. The van der Waals surface area contributed by atoms with Gasteiger partial charge in [-0.1, -0.05) is 26.0 Å². The van der Waals surface area contributed by atoms with Gasteiger partial charge in [0.25, 0.3) is 0 Å². The van der Waals surface area contributed by atoms with Crippen molar-refractivity contribution >= 4 is 5.97 Å². The highest BCUT2D eigenvalue weighted by Crippen LogP contribution is 2.20. The van der Waals surface area contributed by atoms with Crippen LogP contribution in [0, 0.1) is 11.8 Å². The zero-order valence-corrected chi connectivity index (χ0v) is 10.9. The minimum atomic E-state index is -0.143. The summed E-state index contributed by atoms with van der Waals surface area (Å²) in [6, 6.07) is 7.78. The van der Waals surface area contributed by atoms with Crippen LogP contribution in [-0.2, 0) is 16.0 Å². The van der Waals surface area contributed by atoms with Gasteiger partial charge in [0.2, 0.25) is 0 Å². The second-order valence-electron chi connectivity index (χ2n) is 4.43. The molecule has 1 unspecified atom stereocenters. The van der Waals surface area contributed by atoms with Crippen LogP contribution >= 0.6 is 0 Å². The van der Waals surface area contributed by atoms with E-state index in [2.05, 4.69) is 0 Å². The Morgan fingerprint density at radius 3 is 2.18 bits per heavy atom. The molecule has 0 radical (unpaired) electrons. The van der Waals surface area contributed by atoms with Gasteiger partial charge in [-0.15, -0.1) is 0 Å². The molecule has 0 N–H and O–H groups in total. The first-order valence-electron chi connectivity index (χ1n) is 5.79. The smallest absolute Gasteiger partial charge is 0.309 e. The fourth-order valence-electron chi connectivity index (χ4n) is 1.76. The SMILES string of the molecule is COC(=O)C(Cc1ccc(OC)cc1)C(C)C. The van der Waals surface area contributed by atoms with Crippen LogP contribution in [-0.4, -0.2) is 20.2 Å². The molecule has 0 saturated carbocycles. The normalized spacial score (nSPS) is 12.3. The van der Waals surface area contributed by atoms with Gasteiger partial charge in [0.15, 0.2) is 0 Å². The van der Waals surface area contributed by atoms with Gasteiger partial charge in [-0.05, 0) is 30.0 Å². The molecule has 0 aliphatic heterocycles. The van der Waals surface area contributed by atoms with Crippen LogP contribution in [0.15, 0.2) is 24.3 Å². The molecule has 1 aromatic carbocycles. The zero-order valence-electron chi connectivity index (χ0n) is 10.9. The van der Waals surface area contributed by atoms with Crippen molar-refractivity contribution in [2.24, 2.45) is 11.8 Å². The fourth-order valence-corrected chi connectivity index (χ4v) is 1.76. The summed E-state index contributed by atoms with van der Waals surface area (Å²) in [7, 11) is 3.08. The topological polar surface area (TPSA) is 35.5 Å². The van der Waals surface area contributed by atoms with Crippen LogP contribution in [0.1, 0.15) is 19.4 Å². The van der Waals surface area contributed by atoms with Crippen molar-refractivity contribution in [2.45, 2.75) is 20.3 Å². The average Bonchev–Trinajstić information content (AvgIpc) is 2.35. The summed E-state index contributed by atoms with van der Waals surface area (Å²) >= 11 is 0. The molecule has 0 saturated heterocycles. The number of benzene rings is 1. The van der Waals surface area contributed by atoms with E-state index in [1.54, 1.807) is 7.11 Å². The lowest BCUT2D eigenvalue weighted by molar-refractivity contribution is -0.146. The molecule has 0 spiro atoms. The van der Waals surface area contributed by atoms with E-state index >= 15 is 0 Å². The minimum Gasteiger partial charge on any atom is -0.497 e. The summed E-state index contributed by atoms with van der Waals surface area (Å²) in [6.45, 7) is 4.07. The van der Waals surface area contributed by atoms with E-state index in [1.165, 1.54) is 7.11 Å². The van der Waals surface area contributed by atoms with E-state index in [0.29, 0.717) is 6.42 Å². The lowest BCUT2D eigenvalue weighted by atomic mass is 9.89. The third kappa shape index (κ3) is 3.77. The van der Waals surface area contributed by atoms with E-state index in [1.807, 2.05) is 38.1 Å². The summed E-state index contributed by atoms with van der Waals surface area (Å²) in [6.07, 6.45) is 0.703. The van der Waals surface area contributed by atoms with Crippen LogP contribution in [0.4, 0.5) is 0 Å². The van der Waals surface area contributed by atoms with Gasteiger partial charge in [-0.25, -0.2) is 0 Å². The maximum atomic E-state index is 11.6. The maximum absolute atomic E-state index is 11.6. The Bertz CT molecular complexity index is 354. The highest BCUT2D eigenvalue weighted by atomic mass is 16.5.